The van der Waals surface area contributed by atoms with Crippen LogP contribution in [0.25, 0.3) is 0 Å². The lowest BCUT2D eigenvalue weighted by Crippen LogP contribution is -2.11. The van der Waals surface area contributed by atoms with Gasteiger partial charge in [0.2, 0.25) is 0 Å². The second kappa shape index (κ2) is 6.91. The first-order valence-corrected chi connectivity index (χ1v) is 7.69. The molecule has 1 unspecified atom stereocenters. The van der Waals surface area contributed by atoms with Gasteiger partial charge < -0.3 is 5.32 Å². The van der Waals surface area contributed by atoms with Crippen molar-refractivity contribution < 1.29 is 0 Å². The standard InChI is InChI=1S/C15H13Cl4N/c1-2-14(10-7-6-9(16)8-13(10)19)20-15-11(17)4-3-5-12(15)18/h3-8,14,20H,2H2,1H3. The molecule has 0 aromatic heterocycles. The summed E-state index contributed by atoms with van der Waals surface area (Å²) in [4.78, 5) is 0. The molecule has 0 aliphatic heterocycles. The highest BCUT2D eigenvalue weighted by Crippen LogP contribution is 2.36. The highest BCUT2D eigenvalue weighted by Gasteiger charge is 2.16. The zero-order chi connectivity index (χ0) is 14.7. The van der Waals surface area contributed by atoms with Gasteiger partial charge in [-0.25, -0.2) is 0 Å². The van der Waals surface area contributed by atoms with Gasteiger partial charge in [0, 0.05) is 10.0 Å². The average Bonchev–Trinajstić information content (AvgIpc) is 2.40. The van der Waals surface area contributed by atoms with Crippen molar-refractivity contribution in [3.63, 3.8) is 0 Å². The summed E-state index contributed by atoms with van der Waals surface area (Å²) in [6.07, 6.45) is 0.836. The second-order valence-corrected chi connectivity index (χ2v) is 6.03. The largest absolute Gasteiger partial charge is 0.376 e. The van der Waals surface area contributed by atoms with Crippen LogP contribution in [0.5, 0.6) is 0 Å². The Morgan fingerprint density at radius 2 is 1.60 bits per heavy atom. The molecular weight excluding hydrogens is 336 g/mol. The maximum Gasteiger partial charge on any atom is 0.0723 e. The van der Waals surface area contributed by atoms with Gasteiger partial charge in [-0.1, -0.05) is 65.5 Å². The fourth-order valence-electron chi connectivity index (χ4n) is 1.99. The average molecular weight is 349 g/mol. The minimum atomic E-state index is 0.0113. The van der Waals surface area contributed by atoms with E-state index in [1.165, 1.54) is 0 Å². The topological polar surface area (TPSA) is 12.0 Å². The minimum Gasteiger partial charge on any atom is -0.376 e. The second-order valence-electron chi connectivity index (χ2n) is 4.37. The summed E-state index contributed by atoms with van der Waals surface area (Å²) >= 11 is 24.6. The lowest BCUT2D eigenvalue weighted by atomic mass is 10.0. The SMILES string of the molecule is CCC(Nc1c(Cl)cccc1Cl)c1ccc(Cl)cc1Cl. The van der Waals surface area contributed by atoms with Crippen LogP contribution < -0.4 is 5.32 Å². The van der Waals surface area contributed by atoms with Gasteiger partial charge in [-0.3, -0.25) is 0 Å². The Balaban J connectivity index is 2.34. The molecule has 0 radical (unpaired) electrons. The van der Waals surface area contributed by atoms with E-state index < -0.39 is 0 Å². The maximum absolute atomic E-state index is 6.26. The van der Waals surface area contributed by atoms with Gasteiger partial charge in [0.15, 0.2) is 0 Å². The molecule has 0 fully saturated rings. The van der Waals surface area contributed by atoms with Crippen molar-refractivity contribution in [1.29, 1.82) is 0 Å². The zero-order valence-corrected chi connectivity index (χ0v) is 13.8. The number of benzene rings is 2. The van der Waals surface area contributed by atoms with Crippen LogP contribution in [0.2, 0.25) is 20.1 Å². The summed E-state index contributed by atoms with van der Waals surface area (Å²) in [5.74, 6) is 0. The summed E-state index contributed by atoms with van der Waals surface area (Å²) in [7, 11) is 0. The molecule has 0 amide bonds. The van der Waals surface area contributed by atoms with Crippen molar-refractivity contribution in [3.8, 4) is 0 Å². The molecule has 0 saturated carbocycles. The quantitative estimate of drug-likeness (QED) is 0.636. The van der Waals surface area contributed by atoms with Crippen LogP contribution in [0.3, 0.4) is 0 Å². The monoisotopic (exact) mass is 347 g/mol. The van der Waals surface area contributed by atoms with E-state index >= 15 is 0 Å². The predicted molar refractivity (Wildman–Crippen MR) is 89.6 cm³/mol. The third kappa shape index (κ3) is 3.53. The zero-order valence-electron chi connectivity index (χ0n) is 10.8. The summed E-state index contributed by atoms with van der Waals surface area (Å²) in [5.41, 5.74) is 1.68. The number of rotatable bonds is 4. The van der Waals surface area contributed by atoms with Gasteiger partial charge in [0.05, 0.1) is 21.8 Å². The van der Waals surface area contributed by atoms with Crippen molar-refractivity contribution in [3.05, 3.63) is 62.1 Å². The van der Waals surface area contributed by atoms with Crippen LogP contribution in [0, 0.1) is 0 Å². The van der Waals surface area contributed by atoms with Crippen LogP contribution >= 0.6 is 46.4 Å². The molecule has 5 heteroatoms. The van der Waals surface area contributed by atoms with Gasteiger partial charge >= 0.3 is 0 Å². The molecule has 0 heterocycles. The normalized spacial score (nSPS) is 12.2. The van der Waals surface area contributed by atoms with E-state index in [1.807, 2.05) is 18.2 Å². The van der Waals surface area contributed by atoms with Crippen molar-refractivity contribution in [1.82, 2.24) is 0 Å². The number of nitrogens with one attached hydrogen (secondary N) is 1. The van der Waals surface area contributed by atoms with Crippen LogP contribution in [-0.2, 0) is 0 Å². The third-order valence-electron chi connectivity index (χ3n) is 3.03. The molecule has 20 heavy (non-hydrogen) atoms. The van der Waals surface area contributed by atoms with E-state index in [-0.39, 0.29) is 6.04 Å². The van der Waals surface area contributed by atoms with Crippen molar-refractivity contribution >= 4 is 52.1 Å². The number of halogens is 4. The van der Waals surface area contributed by atoms with Crippen LogP contribution in [0.1, 0.15) is 24.9 Å². The van der Waals surface area contributed by atoms with Crippen molar-refractivity contribution in [2.45, 2.75) is 19.4 Å². The Morgan fingerprint density at radius 3 is 2.15 bits per heavy atom. The van der Waals surface area contributed by atoms with Crippen LogP contribution in [0.15, 0.2) is 36.4 Å². The summed E-state index contributed by atoms with van der Waals surface area (Å²) in [5, 5.41) is 5.76. The van der Waals surface area contributed by atoms with Crippen LogP contribution in [0.4, 0.5) is 5.69 Å². The van der Waals surface area contributed by atoms with E-state index in [9.17, 15) is 0 Å². The van der Waals surface area contributed by atoms with Gasteiger partial charge in [-0.2, -0.15) is 0 Å². The highest BCUT2D eigenvalue weighted by molar-refractivity contribution is 6.39. The Morgan fingerprint density at radius 1 is 0.950 bits per heavy atom. The smallest absolute Gasteiger partial charge is 0.0723 e. The first-order valence-electron chi connectivity index (χ1n) is 6.18. The predicted octanol–water partition coefficient (Wildman–Crippen LogP) is 6.86. The van der Waals surface area contributed by atoms with E-state index in [2.05, 4.69) is 12.2 Å². The minimum absolute atomic E-state index is 0.0113. The Kier molecular flexibility index (Phi) is 5.45. The molecule has 2 aromatic carbocycles. The molecule has 0 aliphatic carbocycles. The Hall–Kier alpha value is -0.600. The van der Waals surface area contributed by atoms with Gasteiger partial charge in [-0.15, -0.1) is 0 Å². The van der Waals surface area contributed by atoms with Crippen molar-refractivity contribution in [2.75, 3.05) is 5.32 Å². The van der Waals surface area contributed by atoms with E-state index in [1.54, 1.807) is 18.2 Å². The first-order chi connectivity index (χ1) is 9.52. The van der Waals surface area contributed by atoms with Gasteiger partial charge in [-0.05, 0) is 36.2 Å². The molecule has 0 bridgehead atoms. The molecule has 0 saturated heterocycles. The van der Waals surface area contributed by atoms with Crippen LogP contribution in [-0.4, -0.2) is 0 Å². The molecule has 106 valence electrons. The molecule has 0 aliphatic rings. The number of hydrogen-bond donors (Lipinski definition) is 1. The molecule has 1 N–H and O–H groups in total. The maximum atomic E-state index is 6.26. The molecule has 0 spiro atoms. The summed E-state index contributed by atoms with van der Waals surface area (Å²) < 4.78 is 0. The third-order valence-corrected chi connectivity index (χ3v) is 4.22. The Labute approximate surface area is 138 Å². The lowest BCUT2D eigenvalue weighted by Gasteiger charge is -2.21. The fraction of sp³-hybridized carbons (Fsp3) is 0.200. The highest BCUT2D eigenvalue weighted by atomic mass is 35.5. The van der Waals surface area contributed by atoms with Gasteiger partial charge in [0.1, 0.15) is 0 Å². The van der Waals surface area contributed by atoms with E-state index in [0.29, 0.717) is 25.8 Å². The fourth-order valence-corrected chi connectivity index (χ4v) is 3.04. The molecule has 1 nitrogen and oxygen atoms in total. The van der Waals surface area contributed by atoms with Gasteiger partial charge in [0.25, 0.3) is 0 Å². The van der Waals surface area contributed by atoms with E-state index in [4.69, 9.17) is 46.4 Å². The molecule has 2 aromatic rings. The first kappa shape index (κ1) is 15.8. The lowest BCUT2D eigenvalue weighted by molar-refractivity contribution is 0.750. The number of para-hydroxylation sites is 1. The summed E-state index contributed by atoms with van der Waals surface area (Å²) in [6.45, 7) is 2.06. The molecular formula is C15H13Cl4N. The molecule has 2 rings (SSSR count). The molecule has 1 atom stereocenters. The number of hydrogen-bond acceptors (Lipinski definition) is 1. The Bertz CT molecular complexity index is 593. The summed E-state index contributed by atoms with van der Waals surface area (Å²) in [6, 6.07) is 10.9. The van der Waals surface area contributed by atoms with Crippen molar-refractivity contribution in [2.24, 2.45) is 0 Å². The van der Waals surface area contributed by atoms with E-state index in [0.717, 1.165) is 12.0 Å². The number of anilines is 1.